The second-order valence-corrected chi connectivity index (χ2v) is 6.13. The molecule has 0 spiro atoms. The predicted molar refractivity (Wildman–Crippen MR) is 88.9 cm³/mol. The van der Waals surface area contributed by atoms with E-state index in [-0.39, 0.29) is 24.2 Å². The first-order chi connectivity index (χ1) is 9.84. The lowest BCUT2D eigenvalue weighted by Crippen LogP contribution is -2.57. The van der Waals surface area contributed by atoms with E-state index in [4.69, 9.17) is 17.3 Å². The number of amides is 2. The van der Waals surface area contributed by atoms with E-state index < -0.39 is 11.4 Å². The molecule has 22 heavy (non-hydrogen) atoms. The van der Waals surface area contributed by atoms with E-state index in [0.717, 1.165) is 13.1 Å². The zero-order valence-electron chi connectivity index (χ0n) is 12.6. The van der Waals surface area contributed by atoms with Crippen molar-refractivity contribution >= 4 is 35.8 Å². The molecule has 2 atom stereocenters. The van der Waals surface area contributed by atoms with Crippen LogP contribution < -0.4 is 16.4 Å². The molecular formula is C15H21Cl2N3O2. The second-order valence-electron chi connectivity index (χ2n) is 5.70. The van der Waals surface area contributed by atoms with Crippen molar-refractivity contribution in [2.45, 2.75) is 19.4 Å². The second kappa shape index (κ2) is 7.31. The molecule has 0 aromatic heterocycles. The Morgan fingerprint density at radius 1 is 1.45 bits per heavy atom. The number of halogens is 2. The van der Waals surface area contributed by atoms with Gasteiger partial charge in [0.1, 0.15) is 5.54 Å². The van der Waals surface area contributed by atoms with Gasteiger partial charge in [0.25, 0.3) is 0 Å². The van der Waals surface area contributed by atoms with Crippen molar-refractivity contribution in [2.24, 2.45) is 17.6 Å². The number of hydrogen-bond donors (Lipinski definition) is 3. The van der Waals surface area contributed by atoms with Gasteiger partial charge in [0.2, 0.25) is 11.8 Å². The van der Waals surface area contributed by atoms with Crippen LogP contribution in [0.15, 0.2) is 24.3 Å². The van der Waals surface area contributed by atoms with Gasteiger partial charge in [0, 0.05) is 10.9 Å². The molecule has 7 heteroatoms. The number of primary amides is 1. The highest BCUT2D eigenvalue weighted by Crippen LogP contribution is 2.25. The summed E-state index contributed by atoms with van der Waals surface area (Å²) in [5.41, 5.74) is 4.82. The lowest BCUT2D eigenvalue weighted by atomic mass is 9.85. The number of rotatable bonds is 5. The topological polar surface area (TPSA) is 84.2 Å². The molecule has 0 bridgehead atoms. The van der Waals surface area contributed by atoms with E-state index in [1.165, 1.54) is 0 Å². The summed E-state index contributed by atoms with van der Waals surface area (Å²) in [6, 6.07) is 6.80. The third-order valence-corrected chi connectivity index (χ3v) is 4.44. The molecule has 2 rings (SSSR count). The smallest absolute Gasteiger partial charge is 0.247 e. The minimum Gasteiger partial charge on any atom is -0.367 e. The van der Waals surface area contributed by atoms with E-state index in [2.05, 4.69) is 10.6 Å². The fraction of sp³-hybridized carbons (Fsp3) is 0.467. The fourth-order valence-electron chi connectivity index (χ4n) is 2.31. The van der Waals surface area contributed by atoms with Crippen LogP contribution in [-0.4, -0.2) is 24.9 Å². The molecule has 0 saturated carbocycles. The van der Waals surface area contributed by atoms with E-state index in [1.54, 1.807) is 31.2 Å². The number of carbonyl (C=O) groups excluding carboxylic acids is 2. The number of nitrogens with one attached hydrogen (secondary N) is 2. The number of nitrogens with two attached hydrogens (primary N) is 1. The maximum atomic E-state index is 12.4. The Kier molecular flexibility index (Phi) is 6.23. The molecule has 1 aliphatic heterocycles. The fourth-order valence-corrected chi connectivity index (χ4v) is 2.50. The summed E-state index contributed by atoms with van der Waals surface area (Å²) in [4.78, 5) is 24.3. The Morgan fingerprint density at radius 2 is 2.09 bits per heavy atom. The van der Waals surface area contributed by atoms with E-state index >= 15 is 0 Å². The van der Waals surface area contributed by atoms with Gasteiger partial charge in [-0.3, -0.25) is 9.59 Å². The summed E-state index contributed by atoms with van der Waals surface area (Å²) in [7, 11) is 0. The highest BCUT2D eigenvalue weighted by molar-refractivity contribution is 6.30. The first-order valence-corrected chi connectivity index (χ1v) is 7.31. The third kappa shape index (κ3) is 3.72. The molecule has 0 aliphatic carbocycles. The largest absolute Gasteiger partial charge is 0.367 e. The monoisotopic (exact) mass is 345 g/mol. The standard InChI is InChI=1S/C15H20ClN3O2.ClH/c1-9(10-7-18-8-10)13(20)19-15(2,14(17)21)11-4-3-5-12(16)6-11;/h3-6,9-10,18H,7-8H2,1-2H3,(H2,17,21)(H,19,20);1H. The van der Waals surface area contributed by atoms with E-state index in [1.807, 2.05) is 6.92 Å². The minimum absolute atomic E-state index is 0. The molecule has 4 N–H and O–H groups in total. The van der Waals surface area contributed by atoms with Gasteiger partial charge >= 0.3 is 0 Å². The van der Waals surface area contributed by atoms with Crippen molar-refractivity contribution in [3.05, 3.63) is 34.9 Å². The lowest BCUT2D eigenvalue weighted by molar-refractivity contribution is -0.134. The molecule has 122 valence electrons. The molecular weight excluding hydrogens is 325 g/mol. The summed E-state index contributed by atoms with van der Waals surface area (Å²) < 4.78 is 0. The maximum Gasteiger partial charge on any atom is 0.247 e. The van der Waals surface area contributed by atoms with Gasteiger partial charge in [-0.15, -0.1) is 12.4 Å². The SMILES string of the molecule is CC(C(=O)NC(C)(C(N)=O)c1cccc(Cl)c1)C1CNC1.Cl. The van der Waals surface area contributed by atoms with Crippen LogP contribution in [0.5, 0.6) is 0 Å². The zero-order valence-corrected chi connectivity index (χ0v) is 14.1. The normalized spacial score (nSPS) is 18.3. The maximum absolute atomic E-state index is 12.4. The molecule has 1 saturated heterocycles. The van der Waals surface area contributed by atoms with Gasteiger partial charge in [0.15, 0.2) is 0 Å². The summed E-state index contributed by atoms with van der Waals surface area (Å²) in [5.74, 6) is -0.676. The van der Waals surface area contributed by atoms with Crippen molar-refractivity contribution in [3.63, 3.8) is 0 Å². The van der Waals surface area contributed by atoms with Gasteiger partial charge in [-0.25, -0.2) is 0 Å². The van der Waals surface area contributed by atoms with Crippen LogP contribution in [0.3, 0.4) is 0 Å². The van der Waals surface area contributed by atoms with Gasteiger partial charge in [-0.1, -0.05) is 30.7 Å². The molecule has 1 heterocycles. The van der Waals surface area contributed by atoms with Crippen LogP contribution in [0.1, 0.15) is 19.4 Å². The van der Waals surface area contributed by atoms with Crippen LogP contribution in [0.25, 0.3) is 0 Å². The molecule has 5 nitrogen and oxygen atoms in total. The van der Waals surface area contributed by atoms with E-state index in [0.29, 0.717) is 16.5 Å². The van der Waals surface area contributed by atoms with E-state index in [9.17, 15) is 9.59 Å². The molecule has 1 aliphatic rings. The van der Waals surface area contributed by atoms with Crippen molar-refractivity contribution in [1.29, 1.82) is 0 Å². The summed E-state index contributed by atoms with van der Waals surface area (Å²) in [6.45, 7) is 5.10. The van der Waals surface area contributed by atoms with Crippen LogP contribution in [-0.2, 0) is 15.1 Å². The molecule has 1 aromatic carbocycles. The predicted octanol–water partition coefficient (Wildman–Crippen LogP) is 1.43. The number of benzene rings is 1. The Morgan fingerprint density at radius 3 is 2.55 bits per heavy atom. The minimum atomic E-state index is -1.27. The van der Waals surface area contributed by atoms with Crippen LogP contribution >= 0.6 is 24.0 Å². The lowest BCUT2D eigenvalue weighted by Gasteiger charge is -2.35. The van der Waals surface area contributed by atoms with Gasteiger partial charge in [0.05, 0.1) is 0 Å². The third-order valence-electron chi connectivity index (χ3n) is 4.20. The first-order valence-electron chi connectivity index (χ1n) is 6.93. The quantitative estimate of drug-likeness (QED) is 0.754. The highest BCUT2D eigenvalue weighted by Gasteiger charge is 2.38. The zero-order chi connectivity index (χ0) is 15.6. The van der Waals surface area contributed by atoms with Crippen LogP contribution in [0, 0.1) is 11.8 Å². The average Bonchev–Trinajstić information content (AvgIpc) is 2.36. The average molecular weight is 346 g/mol. The summed E-state index contributed by atoms with van der Waals surface area (Å²) in [6.07, 6.45) is 0. The Bertz CT molecular complexity index is 563. The molecule has 1 aromatic rings. The first kappa shape index (κ1) is 18.7. The van der Waals surface area contributed by atoms with Crippen LogP contribution in [0.4, 0.5) is 0 Å². The van der Waals surface area contributed by atoms with Gasteiger partial charge < -0.3 is 16.4 Å². The highest BCUT2D eigenvalue weighted by atomic mass is 35.5. The molecule has 0 radical (unpaired) electrons. The molecule has 2 amide bonds. The van der Waals surface area contributed by atoms with Gasteiger partial charge in [-0.05, 0) is 43.6 Å². The number of carbonyl (C=O) groups is 2. The molecule has 1 fully saturated rings. The van der Waals surface area contributed by atoms with Crippen molar-refractivity contribution in [1.82, 2.24) is 10.6 Å². The Labute approximate surface area is 141 Å². The number of hydrogen-bond acceptors (Lipinski definition) is 3. The van der Waals surface area contributed by atoms with Gasteiger partial charge in [-0.2, -0.15) is 0 Å². The summed E-state index contributed by atoms with van der Waals surface area (Å²) in [5, 5.41) is 6.41. The van der Waals surface area contributed by atoms with Crippen LogP contribution in [0.2, 0.25) is 5.02 Å². The van der Waals surface area contributed by atoms with Crippen molar-refractivity contribution in [3.8, 4) is 0 Å². The summed E-state index contributed by atoms with van der Waals surface area (Å²) >= 11 is 5.96. The van der Waals surface area contributed by atoms with Crippen molar-refractivity contribution < 1.29 is 9.59 Å². The van der Waals surface area contributed by atoms with Crippen molar-refractivity contribution in [2.75, 3.05) is 13.1 Å². The molecule has 2 unspecified atom stereocenters. The Hall–Kier alpha value is -1.30. The Balaban J connectivity index is 0.00000242.